The molecule has 8 nitrogen and oxygen atoms in total. The van der Waals surface area contributed by atoms with E-state index in [1.54, 1.807) is 45.0 Å². The van der Waals surface area contributed by atoms with Crippen LogP contribution in [0.4, 0.5) is 16.2 Å². The van der Waals surface area contributed by atoms with Crippen molar-refractivity contribution in [2.45, 2.75) is 33.0 Å². The van der Waals surface area contributed by atoms with Gasteiger partial charge in [0, 0.05) is 16.9 Å². The number of carbonyl (C=O) groups is 2. The second kappa shape index (κ2) is 9.58. The number of aliphatic hydroxyl groups excluding tert-OH is 1. The van der Waals surface area contributed by atoms with Gasteiger partial charge < -0.3 is 20.3 Å². The Bertz CT molecular complexity index is 999. The maximum Gasteiger partial charge on any atom is 0.412 e. The summed E-state index contributed by atoms with van der Waals surface area (Å²) in [5.41, 5.74) is 0.917. The summed E-state index contributed by atoms with van der Waals surface area (Å²) in [6, 6.07) is 12.5. The molecule has 0 heterocycles. The molecular weight excluding hydrogens is 386 g/mol. The number of ether oxygens (including phenoxy) is 1. The number of nitrogens with zero attached hydrogens (tertiary/aromatic N) is 1. The largest absolute Gasteiger partial charge is 0.508 e. The molecule has 0 unspecified atom stereocenters. The van der Waals surface area contributed by atoms with Crippen molar-refractivity contribution in [1.82, 2.24) is 0 Å². The molecule has 30 heavy (non-hydrogen) atoms. The summed E-state index contributed by atoms with van der Waals surface area (Å²) < 4.78 is 5.17. The molecule has 0 bridgehead atoms. The number of rotatable bonds is 5. The number of phenols is 1. The van der Waals surface area contributed by atoms with Crippen LogP contribution in [0.1, 0.15) is 31.9 Å². The number of anilines is 2. The van der Waals surface area contributed by atoms with Crippen LogP contribution in [0.25, 0.3) is 6.08 Å². The standard InChI is InChI=1S/C22H23N3O5/c1-22(2,3)30-21(29)25-18-7-5-17(6-8-18)24-20(28)15(12-23)10-14-4-9-19(27)16(11-14)13-26/h4-11,26-27H,13H2,1-3H3,(H,24,28)(H,25,29)/b15-10+. The quantitative estimate of drug-likeness (QED) is 0.439. The molecule has 0 fully saturated rings. The van der Waals surface area contributed by atoms with Crippen LogP contribution in [-0.2, 0) is 16.1 Å². The van der Waals surface area contributed by atoms with Gasteiger partial charge in [-0.15, -0.1) is 0 Å². The Kier molecular flexibility index (Phi) is 7.17. The van der Waals surface area contributed by atoms with Gasteiger partial charge in [-0.05, 0) is 68.8 Å². The van der Waals surface area contributed by atoms with Crippen molar-refractivity contribution in [2.24, 2.45) is 0 Å². The highest BCUT2D eigenvalue weighted by Crippen LogP contribution is 2.21. The Balaban J connectivity index is 2.07. The number of hydrogen-bond donors (Lipinski definition) is 4. The number of nitriles is 1. The number of hydrogen-bond acceptors (Lipinski definition) is 6. The third-order valence-electron chi connectivity index (χ3n) is 3.74. The van der Waals surface area contributed by atoms with Gasteiger partial charge in [0.1, 0.15) is 23.0 Å². The van der Waals surface area contributed by atoms with Crippen molar-refractivity contribution >= 4 is 29.5 Å². The van der Waals surface area contributed by atoms with Crippen molar-refractivity contribution < 1.29 is 24.5 Å². The molecule has 0 aliphatic rings. The highest BCUT2D eigenvalue weighted by molar-refractivity contribution is 6.09. The molecule has 0 saturated carbocycles. The Hall–Kier alpha value is -3.83. The van der Waals surface area contributed by atoms with Gasteiger partial charge in [-0.3, -0.25) is 10.1 Å². The zero-order valence-electron chi connectivity index (χ0n) is 16.9. The molecule has 0 aromatic heterocycles. The molecule has 0 spiro atoms. The van der Waals surface area contributed by atoms with E-state index in [9.17, 15) is 25.1 Å². The fourth-order valence-electron chi connectivity index (χ4n) is 2.39. The maximum absolute atomic E-state index is 12.4. The van der Waals surface area contributed by atoms with Gasteiger partial charge in [0.05, 0.1) is 6.61 Å². The smallest absolute Gasteiger partial charge is 0.412 e. The van der Waals surface area contributed by atoms with Crippen molar-refractivity contribution in [3.63, 3.8) is 0 Å². The van der Waals surface area contributed by atoms with E-state index in [-0.39, 0.29) is 23.5 Å². The van der Waals surface area contributed by atoms with Gasteiger partial charge in [-0.2, -0.15) is 5.26 Å². The minimum atomic E-state index is -0.621. The summed E-state index contributed by atoms with van der Waals surface area (Å²) in [5.74, 6) is -0.693. The topological polar surface area (TPSA) is 132 Å². The summed E-state index contributed by atoms with van der Waals surface area (Å²) in [5, 5.41) is 33.3. The second-order valence-electron chi connectivity index (χ2n) is 7.37. The van der Waals surface area contributed by atoms with Crippen LogP contribution in [0.15, 0.2) is 48.0 Å². The molecule has 2 aromatic rings. The number of aliphatic hydroxyl groups is 1. The van der Waals surface area contributed by atoms with Crippen LogP contribution in [0.2, 0.25) is 0 Å². The first-order chi connectivity index (χ1) is 14.1. The third kappa shape index (κ3) is 6.65. The third-order valence-corrected chi connectivity index (χ3v) is 3.74. The summed E-state index contributed by atoms with van der Waals surface area (Å²) in [4.78, 5) is 24.2. The highest BCUT2D eigenvalue weighted by atomic mass is 16.6. The number of aromatic hydroxyl groups is 1. The van der Waals surface area contributed by atoms with Crippen molar-refractivity contribution in [3.8, 4) is 11.8 Å². The lowest BCUT2D eigenvalue weighted by atomic mass is 10.1. The highest BCUT2D eigenvalue weighted by Gasteiger charge is 2.16. The molecule has 0 atom stereocenters. The number of amides is 2. The minimum Gasteiger partial charge on any atom is -0.508 e. The van der Waals surface area contributed by atoms with Gasteiger partial charge in [-0.1, -0.05) is 6.07 Å². The second-order valence-corrected chi connectivity index (χ2v) is 7.37. The van der Waals surface area contributed by atoms with Crippen molar-refractivity contribution in [2.75, 3.05) is 10.6 Å². The van der Waals surface area contributed by atoms with Gasteiger partial charge >= 0.3 is 6.09 Å². The molecule has 4 N–H and O–H groups in total. The molecule has 2 amide bonds. The summed E-state index contributed by atoms with van der Waals surface area (Å²) in [6.07, 6.45) is 0.761. The van der Waals surface area contributed by atoms with Crippen LogP contribution in [0, 0.1) is 11.3 Å². The van der Waals surface area contributed by atoms with E-state index < -0.39 is 17.6 Å². The molecule has 0 saturated heterocycles. The Labute approximate surface area is 174 Å². The van der Waals surface area contributed by atoms with Crippen molar-refractivity contribution in [1.29, 1.82) is 5.26 Å². The zero-order valence-corrected chi connectivity index (χ0v) is 16.9. The first kappa shape index (κ1) is 22.5. The monoisotopic (exact) mass is 409 g/mol. The lowest BCUT2D eigenvalue weighted by Gasteiger charge is -2.19. The van der Waals surface area contributed by atoms with E-state index >= 15 is 0 Å². The fraction of sp³-hybridized carbons (Fsp3) is 0.227. The van der Waals surface area contributed by atoms with E-state index in [2.05, 4.69) is 10.6 Å². The predicted octanol–water partition coefficient (Wildman–Crippen LogP) is 3.78. The molecule has 0 radical (unpaired) electrons. The minimum absolute atomic E-state index is 0.0716. The van der Waals surface area contributed by atoms with Crippen molar-refractivity contribution in [3.05, 3.63) is 59.2 Å². The molecular formula is C22H23N3O5. The molecule has 2 aromatic carbocycles. The first-order valence-corrected chi connectivity index (χ1v) is 9.07. The van der Waals surface area contributed by atoms with E-state index in [0.29, 0.717) is 16.9 Å². The number of carbonyl (C=O) groups excluding carboxylic acids is 2. The molecule has 0 aliphatic carbocycles. The van der Waals surface area contributed by atoms with Gasteiger partial charge in [0.15, 0.2) is 0 Å². The fourth-order valence-corrected chi connectivity index (χ4v) is 2.39. The van der Waals surface area contributed by atoms with E-state index in [1.807, 2.05) is 6.07 Å². The van der Waals surface area contributed by atoms with Crippen LogP contribution in [0.3, 0.4) is 0 Å². The van der Waals surface area contributed by atoms with Crippen LogP contribution < -0.4 is 10.6 Å². The van der Waals surface area contributed by atoms with E-state index in [4.69, 9.17) is 4.74 Å². The number of benzene rings is 2. The van der Waals surface area contributed by atoms with Crippen LogP contribution in [0.5, 0.6) is 5.75 Å². The van der Waals surface area contributed by atoms with E-state index in [1.165, 1.54) is 24.3 Å². The lowest BCUT2D eigenvalue weighted by molar-refractivity contribution is -0.112. The summed E-state index contributed by atoms with van der Waals surface area (Å²) in [7, 11) is 0. The Morgan fingerprint density at radius 1 is 1.10 bits per heavy atom. The lowest BCUT2D eigenvalue weighted by Crippen LogP contribution is -2.27. The Morgan fingerprint density at radius 3 is 2.23 bits per heavy atom. The first-order valence-electron chi connectivity index (χ1n) is 9.07. The average Bonchev–Trinajstić information content (AvgIpc) is 2.67. The van der Waals surface area contributed by atoms with Crippen LogP contribution in [-0.4, -0.2) is 27.8 Å². The Morgan fingerprint density at radius 2 is 1.70 bits per heavy atom. The predicted molar refractivity (Wildman–Crippen MR) is 113 cm³/mol. The van der Waals surface area contributed by atoms with Gasteiger partial charge in [0.25, 0.3) is 5.91 Å². The molecule has 156 valence electrons. The van der Waals surface area contributed by atoms with E-state index in [0.717, 1.165) is 0 Å². The van der Waals surface area contributed by atoms with Crippen LogP contribution >= 0.6 is 0 Å². The zero-order chi connectivity index (χ0) is 22.3. The average molecular weight is 409 g/mol. The SMILES string of the molecule is CC(C)(C)OC(=O)Nc1ccc(NC(=O)/C(C#N)=C/c2ccc(O)c(CO)c2)cc1. The summed E-state index contributed by atoms with van der Waals surface area (Å²) >= 11 is 0. The van der Waals surface area contributed by atoms with Gasteiger partial charge in [0.2, 0.25) is 0 Å². The number of nitrogens with one attached hydrogen (secondary N) is 2. The molecule has 8 heteroatoms. The molecule has 2 rings (SSSR count). The molecule has 0 aliphatic heterocycles. The normalized spacial score (nSPS) is 11.4. The maximum atomic E-state index is 12.4. The summed E-state index contributed by atoms with van der Waals surface area (Å²) in [6.45, 7) is 4.90. The van der Waals surface area contributed by atoms with Gasteiger partial charge in [-0.25, -0.2) is 4.79 Å².